The number of aromatic nitrogens is 1. The second-order valence-electron chi connectivity index (χ2n) is 4.04. The van der Waals surface area contributed by atoms with Crippen LogP contribution in [0.4, 0.5) is 5.82 Å². The van der Waals surface area contributed by atoms with Crippen molar-refractivity contribution in [2.45, 2.75) is 6.42 Å². The van der Waals surface area contributed by atoms with Crippen LogP contribution in [0.25, 0.3) is 0 Å². The number of halogens is 1. The SMILES string of the molecule is Nc1cc(C(=O)NCC2CCOC2)cc(Cl)n1. The van der Waals surface area contributed by atoms with Crippen LogP contribution in [-0.4, -0.2) is 30.6 Å². The highest BCUT2D eigenvalue weighted by Gasteiger charge is 2.17. The summed E-state index contributed by atoms with van der Waals surface area (Å²) in [5, 5.41) is 3.06. The van der Waals surface area contributed by atoms with Crippen molar-refractivity contribution in [2.24, 2.45) is 5.92 Å². The highest BCUT2D eigenvalue weighted by atomic mass is 35.5. The monoisotopic (exact) mass is 255 g/mol. The largest absolute Gasteiger partial charge is 0.384 e. The van der Waals surface area contributed by atoms with Gasteiger partial charge < -0.3 is 15.8 Å². The van der Waals surface area contributed by atoms with Gasteiger partial charge in [0.05, 0.1) is 6.61 Å². The lowest BCUT2D eigenvalue weighted by molar-refractivity contribution is 0.0945. The average molecular weight is 256 g/mol. The molecule has 92 valence electrons. The molecule has 2 heterocycles. The number of carbonyl (C=O) groups is 1. The van der Waals surface area contributed by atoms with Crippen LogP contribution >= 0.6 is 11.6 Å². The number of ether oxygens (including phenoxy) is 1. The fraction of sp³-hybridized carbons (Fsp3) is 0.455. The molecule has 1 aromatic heterocycles. The van der Waals surface area contributed by atoms with Crippen molar-refractivity contribution in [2.75, 3.05) is 25.5 Å². The molecule has 0 aromatic carbocycles. The van der Waals surface area contributed by atoms with Gasteiger partial charge in [-0.15, -0.1) is 0 Å². The molecule has 1 aliphatic rings. The van der Waals surface area contributed by atoms with Crippen molar-refractivity contribution in [3.05, 3.63) is 22.8 Å². The van der Waals surface area contributed by atoms with E-state index in [1.165, 1.54) is 12.1 Å². The highest BCUT2D eigenvalue weighted by molar-refractivity contribution is 6.29. The number of nitrogens with one attached hydrogen (secondary N) is 1. The maximum atomic E-state index is 11.8. The quantitative estimate of drug-likeness (QED) is 0.793. The summed E-state index contributed by atoms with van der Waals surface area (Å²) in [6, 6.07) is 3.00. The van der Waals surface area contributed by atoms with Gasteiger partial charge in [0.1, 0.15) is 11.0 Å². The maximum absolute atomic E-state index is 11.8. The molecule has 1 fully saturated rings. The van der Waals surface area contributed by atoms with Crippen LogP contribution < -0.4 is 11.1 Å². The second-order valence-corrected chi connectivity index (χ2v) is 4.43. The van der Waals surface area contributed by atoms with Gasteiger partial charge in [-0.25, -0.2) is 4.98 Å². The molecule has 6 heteroatoms. The van der Waals surface area contributed by atoms with Crippen molar-refractivity contribution in [1.82, 2.24) is 10.3 Å². The van der Waals surface area contributed by atoms with Crippen LogP contribution in [0.2, 0.25) is 5.15 Å². The van der Waals surface area contributed by atoms with Gasteiger partial charge in [0.15, 0.2) is 0 Å². The fourth-order valence-corrected chi connectivity index (χ4v) is 1.95. The number of carbonyl (C=O) groups excluding carboxylic acids is 1. The van der Waals surface area contributed by atoms with Crippen molar-refractivity contribution in [3.63, 3.8) is 0 Å². The van der Waals surface area contributed by atoms with E-state index in [1.807, 2.05) is 0 Å². The molecule has 2 rings (SSSR count). The zero-order valence-corrected chi connectivity index (χ0v) is 10.0. The number of hydrogen-bond acceptors (Lipinski definition) is 4. The molecule has 0 aliphatic carbocycles. The molecule has 17 heavy (non-hydrogen) atoms. The summed E-state index contributed by atoms with van der Waals surface area (Å²) < 4.78 is 5.23. The fourth-order valence-electron chi connectivity index (χ4n) is 1.73. The number of hydrogen-bond donors (Lipinski definition) is 2. The number of nitrogens with zero attached hydrogens (tertiary/aromatic N) is 1. The zero-order valence-electron chi connectivity index (χ0n) is 9.28. The number of rotatable bonds is 3. The van der Waals surface area contributed by atoms with E-state index in [9.17, 15) is 4.79 Å². The van der Waals surface area contributed by atoms with E-state index in [0.717, 1.165) is 13.0 Å². The Morgan fingerprint density at radius 3 is 3.12 bits per heavy atom. The highest BCUT2D eigenvalue weighted by Crippen LogP contribution is 2.13. The first-order chi connectivity index (χ1) is 8.15. The first-order valence-corrected chi connectivity index (χ1v) is 5.82. The van der Waals surface area contributed by atoms with E-state index >= 15 is 0 Å². The number of nitrogens with two attached hydrogens (primary N) is 1. The maximum Gasteiger partial charge on any atom is 0.251 e. The minimum atomic E-state index is -0.187. The van der Waals surface area contributed by atoms with Crippen molar-refractivity contribution in [1.29, 1.82) is 0 Å². The van der Waals surface area contributed by atoms with Crippen molar-refractivity contribution in [3.8, 4) is 0 Å². The molecule has 0 spiro atoms. The molecule has 0 saturated carbocycles. The molecular weight excluding hydrogens is 242 g/mol. The van der Waals surface area contributed by atoms with Gasteiger partial charge in [-0.2, -0.15) is 0 Å². The smallest absolute Gasteiger partial charge is 0.251 e. The van der Waals surface area contributed by atoms with E-state index in [-0.39, 0.29) is 16.9 Å². The van der Waals surface area contributed by atoms with Gasteiger partial charge in [-0.3, -0.25) is 4.79 Å². The number of pyridine rings is 1. The van der Waals surface area contributed by atoms with E-state index in [4.69, 9.17) is 22.1 Å². The van der Waals surface area contributed by atoms with E-state index in [0.29, 0.717) is 24.6 Å². The van der Waals surface area contributed by atoms with Gasteiger partial charge in [0.2, 0.25) is 0 Å². The third kappa shape index (κ3) is 3.31. The number of anilines is 1. The number of nitrogen functional groups attached to an aromatic ring is 1. The molecule has 1 aromatic rings. The second kappa shape index (κ2) is 5.33. The third-order valence-corrected chi connectivity index (χ3v) is 2.84. The summed E-state index contributed by atoms with van der Waals surface area (Å²) >= 11 is 5.73. The standard InChI is InChI=1S/C11H14ClN3O2/c12-9-3-8(4-10(13)15-9)11(16)14-5-7-1-2-17-6-7/h3-4,7H,1-2,5-6H2,(H2,13,15)(H,14,16). The molecule has 1 aliphatic heterocycles. The van der Waals surface area contributed by atoms with Gasteiger partial charge >= 0.3 is 0 Å². The van der Waals surface area contributed by atoms with Gasteiger partial charge in [0, 0.05) is 24.6 Å². The summed E-state index contributed by atoms with van der Waals surface area (Å²) in [4.78, 5) is 15.6. The Balaban J connectivity index is 1.94. The molecule has 1 amide bonds. The molecular formula is C11H14ClN3O2. The summed E-state index contributed by atoms with van der Waals surface area (Å²) in [5.41, 5.74) is 5.95. The lowest BCUT2D eigenvalue weighted by atomic mass is 10.1. The lowest BCUT2D eigenvalue weighted by Gasteiger charge is -2.09. The zero-order chi connectivity index (χ0) is 12.3. The molecule has 1 atom stereocenters. The van der Waals surface area contributed by atoms with Crippen LogP contribution in [0.15, 0.2) is 12.1 Å². The lowest BCUT2D eigenvalue weighted by Crippen LogP contribution is -2.29. The molecule has 0 bridgehead atoms. The van der Waals surface area contributed by atoms with Crippen LogP contribution in [0.1, 0.15) is 16.8 Å². The van der Waals surface area contributed by atoms with Crippen molar-refractivity contribution < 1.29 is 9.53 Å². The van der Waals surface area contributed by atoms with Gasteiger partial charge in [-0.05, 0) is 18.6 Å². The van der Waals surface area contributed by atoms with E-state index in [2.05, 4.69) is 10.3 Å². The third-order valence-electron chi connectivity index (χ3n) is 2.65. The van der Waals surface area contributed by atoms with E-state index < -0.39 is 0 Å². The molecule has 1 unspecified atom stereocenters. The van der Waals surface area contributed by atoms with Gasteiger partial charge in [0.25, 0.3) is 5.91 Å². The Morgan fingerprint density at radius 2 is 2.47 bits per heavy atom. The topological polar surface area (TPSA) is 77.2 Å². The molecule has 3 N–H and O–H groups in total. The van der Waals surface area contributed by atoms with Crippen LogP contribution in [0.5, 0.6) is 0 Å². The minimum absolute atomic E-state index is 0.187. The molecule has 5 nitrogen and oxygen atoms in total. The first kappa shape index (κ1) is 12.1. The summed E-state index contributed by atoms with van der Waals surface area (Å²) in [6.07, 6.45) is 0.986. The Labute approximate surface area is 104 Å². The summed E-state index contributed by atoms with van der Waals surface area (Å²) in [5.74, 6) is 0.452. The Bertz CT molecular complexity index is 399. The minimum Gasteiger partial charge on any atom is -0.384 e. The normalized spacial score (nSPS) is 19.2. The Morgan fingerprint density at radius 1 is 1.65 bits per heavy atom. The Hall–Kier alpha value is -1.33. The van der Waals surface area contributed by atoms with Gasteiger partial charge in [-0.1, -0.05) is 11.6 Å². The van der Waals surface area contributed by atoms with E-state index in [1.54, 1.807) is 0 Å². The number of amides is 1. The predicted molar refractivity (Wildman–Crippen MR) is 64.9 cm³/mol. The van der Waals surface area contributed by atoms with Crippen LogP contribution in [0.3, 0.4) is 0 Å². The molecule has 0 radical (unpaired) electrons. The van der Waals surface area contributed by atoms with Crippen molar-refractivity contribution >= 4 is 23.3 Å². The Kier molecular flexibility index (Phi) is 3.81. The summed E-state index contributed by atoms with van der Waals surface area (Å²) in [7, 11) is 0. The average Bonchev–Trinajstić information content (AvgIpc) is 2.77. The van der Waals surface area contributed by atoms with Crippen LogP contribution in [0, 0.1) is 5.92 Å². The molecule has 1 saturated heterocycles. The predicted octanol–water partition coefficient (Wildman–Crippen LogP) is 1.08. The summed E-state index contributed by atoms with van der Waals surface area (Å²) in [6.45, 7) is 2.09. The first-order valence-electron chi connectivity index (χ1n) is 5.44. The van der Waals surface area contributed by atoms with Crippen LogP contribution in [-0.2, 0) is 4.74 Å².